The first-order chi connectivity index (χ1) is 5.37. The molecule has 0 saturated carbocycles. The second-order valence-corrected chi connectivity index (χ2v) is 4.28. The number of rotatable bonds is 3. The monoisotopic (exact) mass is 173 g/mol. The maximum Gasteiger partial charge on any atom is 0.222 e. The molecule has 0 rings (SSSR count). The lowest BCUT2D eigenvalue weighted by atomic mass is 9.92. The Morgan fingerprint density at radius 2 is 1.92 bits per heavy atom. The lowest BCUT2D eigenvalue weighted by Crippen LogP contribution is -2.32. The molecule has 3 heteroatoms. The van der Waals surface area contributed by atoms with Gasteiger partial charge in [0.25, 0.3) is 0 Å². The zero-order valence-electron chi connectivity index (χ0n) is 8.42. The van der Waals surface area contributed by atoms with E-state index >= 15 is 0 Å². The molecule has 0 fully saturated rings. The molecule has 0 atom stereocenters. The molecule has 0 aliphatic rings. The number of likely N-dealkylation sites (N-methyl/N-ethyl adjacent to an activating group) is 1. The largest absolute Gasteiger partial charge is 0.395 e. The van der Waals surface area contributed by atoms with E-state index in [2.05, 4.69) is 0 Å². The Balaban J connectivity index is 3.87. The fourth-order valence-corrected chi connectivity index (χ4v) is 0.863. The van der Waals surface area contributed by atoms with Gasteiger partial charge in [0.2, 0.25) is 5.91 Å². The lowest BCUT2D eigenvalue weighted by Gasteiger charge is -2.22. The highest BCUT2D eigenvalue weighted by atomic mass is 16.3. The minimum atomic E-state index is 0.0286. The second-order valence-electron chi connectivity index (χ2n) is 4.28. The summed E-state index contributed by atoms with van der Waals surface area (Å²) in [6.45, 7) is 6.54. The van der Waals surface area contributed by atoms with Crippen LogP contribution in [0.5, 0.6) is 0 Å². The number of hydrogen-bond acceptors (Lipinski definition) is 2. The molecular formula is C9H19NO2. The van der Waals surface area contributed by atoms with Crippen LogP contribution >= 0.6 is 0 Å². The van der Waals surface area contributed by atoms with E-state index in [9.17, 15) is 4.79 Å². The van der Waals surface area contributed by atoms with Crippen molar-refractivity contribution in [1.82, 2.24) is 4.90 Å². The van der Waals surface area contributed by atoms with Crippen LogP contribution in [0.4, 0.5) is 0 Å². The molecule has 1 amide bonds. The number of aliphatic hydroxyl groups excluding tert-OH is 1. The molecule has 0 aromatic rings. The maximum absolute atomic E-state index is 11.4. The molecule has 0 unspecified atom stereocenters. The predicted octanol–water partition coefficient (Wildman–Crippen LogP) is 0.873. The fraction of sp³-hybridized carbons (Fsp3) is 0.889. The van der Waals surface area contributed by atoms with Gasteiger partial charge in [-0.15, -0.1) is 0 Å². The van der Waals surface area contributed by atoms with Crippen molar-refractivity contribution >= 4 is 5.91 Å². The number of hydrogen-bond donors (Lipinski definition) is 1. The second kappa shape index (κ2) is 4.45. The SMILES string of the molecule is CN(CCO)C(=O)CC(C)(C)C. The van der Waals surface area contributed by atoms with Crippen LogP contribution in [0.15, 0.2) is 0 Å². The Morgan fingerprint density at radius 1 is 1.42 bits per heavy atom. The van der Waals surface area contributed by atoms with Gasteiger partial charge >= 0.3 is 0 Å². The molecule has 0 aliphatic heterocycles. The summed E-state index contributed by atoms with van der Waals surface area (Å²) in [4.78, 5) is 12.9. The Morgan fingerprint density at radius 3 is 2.25 bits per heavy atom. The van der Waals surface area contributed by atoms with Crippen molar-refractivity contribution in [2.24, 2.45) is 5.41 Å². The van der Waals surface area contributed by atoms with Crippen LogP contribution in [0.3, 0.4) is 0 Å². The van der Waals surface area contributed by atoms with Gasteiger partial charge in [-0.2, -0.15) is 0 Å². The summed E-state index contributed by atoms with van der Waals surface area (Å²) in [5.41, 5.74) is 0.0286. The van der Waals surface area contributed by atoms with E-state index in [-0.39, 0.29) is 17.9 Å². The smallest absolute Gasteiger partial charge is 0.222 e. The standard InChI is InChI=1S/C9H19NO2/c1-9(2,3)7-8(12)10(4)5-6-11/h11H,5-7H2,1-4H3. The first-order valence-corrected chi connectivity index (χ1v) is 4.21. The van der Waals surface area contributed by atoms with Crippen LogP contribution in [0.1, 0.15) is 27.2 Å². The first kappa shape index (κ1) is 11.4. The van der Waals surface area contributed by atoms with Gasteiger partial charge in [-0.25, -0.2) is 0 Å². The van der Waals surface area contributed by atoms with Crippen LogP contribution in [-0.2, 0) is 4.79 Å². The van der Waals surface area contributed by atoms with Crippen LogP contribution in [0.25, 0.3) is 0 Å². The highest BCUT2D eigenvalue weighted by Gasteiger charge is 2.18. The topological polar surface area (TPSA) is 40.5 Å². The summed E-state index contributed by atoms with van der Waals surface area (Å²) in [6, 6.07) is 0. The molecule has 12 heavy (non-hydrogen) atoms. The zero-order chi connectivity index (χ0) is 9.78. The van der Waals surface area contributed by atoms with Crippen molar-refractivity contribution in [3.8, 4) is 0 Å². The quantitative estimate of drug-likeness (QED) is 0.688. The molecular weight excluding hydrogens is 154 g/mol. The van der Waals surface area contributed by atoms with Gasteiger partial charge in [-0.1, -0.05) is 20.8 Å². The van der Waals surface area contributed by atoms with Crippen LogP contribution < -0.4 is 0 Å². The minimum absolute atomic E-state index is 0.0286. The average molecular weight is 173 g/mol. The van der Waals surface area contributed by atoms with Gasteiger partial charge in [0.1, 0.15) is 0 Å². The number of nitrogens with zero attached hydrogens (tertiary/aromatic N) is 1. The fourth-order valence-electron chi connectivity index (χ4n) is 0.863. The third kappa shape index (κ3) is 5.13. The van der Waals surface area contributed by atoms with Gasteiger partial charge in [0.15, 0.2) is 0 Å². The van der Waals surface area contributed by atoms with Crippen LogP contribution in [0, 0.1) is 5.41 Å². The molecule has 0 heterocycles. The van der Waals surface area contributed by atoms with E-state index in [0.29, 0.717) is 13.0 Å². The minimum Gasteiger partial charge on any atom is -0.395 e. The third-order valence-electron chi connectivity index (χ3n) is 1.54. The molecule has 1 N–H and O–H groups in total. The maximum atomic E-state index is 11.4. The van der Waals surface area contributed by atoms with Gasteiger partial charge in [-0.3, -0.25) is 4.79 Å². The summed E-state index contributed by atoms with van der Waals surface area (Å²) < 4.78 is 0. The summed E-state index contributed by atoms with van der Waals surface area (Å²) in [5, 5.41) is 8.59. The summed E-state index contributed by atoms with van der Waals surface area (Å²) in [5.74, 6) is 0.0940. The summed E-state index contributed by atoms with van der Waals surface area (Å²) >= 11 is 0. The van der Waals surface area contributed by atoms with Crippen molar-refractivity contribution in [1.29, 1.82) is 0 Å². The first-order valence-electron chi connectivity index (χ1n) is 4.21. The van der Waals surface area contributed by atoms with Gasteiger partial charge in [0.05, 0.1) is 6.61 Å². The molecule has 0 aliphatic carbocycles. The molecule has 0 spiro atoms. The van der Waals surface area contributed by atoms with Crippen molar-refractivity contribution in [2.75, 3.05) is 20.2 Å². The van der Waals surface area contributed by atoms with Crippen molar-refractivity contribution in [3.63, 3.8) is 0 Å². The molecule has 72 valence electrons. The van der Waals surface area contributed by atoms with Gasteiger partial charge in [-0.05, 0) is 5.41 Å². The van der Waals surface area contributed by atoms with Crippen LogP contribution in [-0.4, -0.2) is 36.1 Å². The number of carbonyl (C=O) groups is 1. The van der Waals surface area contributed by atoms with Crippen molar-refractivity contribution in [3.05, 3.63) is 0 Å². The van der Waals surface area contributed by atoms with Crippen molar-refractivity contribution < 1.29 is 9.90 Å². The third-order valence-corrected chi connectivity index (χ3v) is 1.54. The van der Waals surface area contributed by atoms with Gasteiger partial charge < -0.3 is 10.0 Å². The van der Waals surface area contributed by atoms with E-state index in [1.807, 2.05) is 20.8 Å². The highest BCUT2D eigenvalue weighted by Crippen LogP contribution is 2.19. The van der Waals surface area contributed by atoms with Crippen LogP contribution in [0.2, 0.25) is 0 Å². The number of carbonyl (C=O) groups excluding carboxylic acids is 1. The Kier molecular flexibility index (Phi) is 4.24. The Hall–Kier alpha value is -0.570. The number of amides is 1. The van der Waals surface area contributed by atoms with Gasteiger partial charge in [0, 0.05) is 20.0 Å². The molecule has 0 aromatic heterocycles. The molecule has 3 nitrogen and oxygen atoms in total. The summed E-state index contributed by atoms with van der Waals surface area (Å²) in [7, 11) is 1.71. The molecule has 0 radical (unpaired) electrons. The van der Waals surface area contributed by atoms with E-state index in [1.165, 1.54) is 0 Å². The van der Waals surface area contributed by atoms with E-state index < -0.39 is 0 Å². The molecule has 0 saturated heterocycles. The number of aliphatic hydroxyl groups is 1. The lowest BCUT2D eigenvalue weighted by molar-refractivity contribution is -0.132. The Bertz CT molecular complexity index is 149. The molecule has 0 bridgehead atoms. The van der Waals surface area contributed by atoms with E-state index in [0.717, 1.165) is 0 Å². The molecule has 0 aromatic carbocycles. The highest BCUT2D eigenvalue weighted by molar-refractivity contribution is 5.76. The average Bonchev–Trinajstić information content (AvgIpc) is 1.84. The van der Waals surface area contributed by atoms with Crippen molar-refractivity contribution in [2.45, 2.75) is 27.2 Å². The Labute approximate surface area is 74.4 Å². The zero-order valence-corrected chi connectivity index (χ0v) is 8.42. The predicted molar refractivity (Wildman–Crippen MR) is 48.8 cm³/mol. The van der Waals surface area contributed by atoms with E-state index in [1.54, 1.807) is 11.9 Å². The normalized spacial score (nSPS) is 11.4. The van der Waals surface area contributed by atoms with E-state index in [4.69, 9.17) is 5.11 Å². The summed E-state index contributed by atoms with van der Waals surface area (Å²) in [6.07, 6.45) is 0.531.